The van der Waals surface area contributed by atoms with Gasteiger partial charge in [0.1, 0.15) is 0 Å². The lowest BCUT2D eigenvalue weighted by molar-refractivity contribution is 0.133. The minimum absolute atomic E-state index is 0.223. The second-order valence-electron chi connectivity index (χ2n) is 7.02. The van der Waals surface area contributed by atoms with Crippen molar-refractivity contribution < 1.29 is 9.13 Å². The van der Waals surface area contributed by atoms with Crippen molar-refractivity contribution in [3.63, 3.8) is 0 Å². The molecule has 2 fully saturated rings. The van der Waals surface area contributed by atoms with Gasteiger partial charge in [-0.3, -0.25) is 0 Å². The van der Waals surface area contributed by atoms with Crippen LogP contribution < -0.4 is 4.74 Å². The lowest BCUT2D eigenvalue weighted by Gasteiger charge is -2.41. The molecule has 1 nitrogen and oxygen atoms in total. The van der Waals surface area contributed by atoms with Crippen LogP contribution in [0.25, 0.3) is 0 Å². The topological polar surface area (TPSA) is 9.23 Å². The van der Waals surface area contributed by atoms with Crippen molar-refractivity contribution in [1.29, 1.82) is 0 Å². The fourth-order valence-electron chi connectivity index (χ4n) is 4.61. The first kappa shape index (κ1) is 15.6. The Morgan fingerprint density at radius 2 is 1.86 bits per heavy atom. The molecule has 0 aromatic heterocycles. The van der Waals surface area contributed by atoms with E-state index in [1.54, 1.807) is 12.1 Å². The van der Waals surface area contributed by atoms with Crippen LogP contribution in [-0.4, -0.2) is 7.11 Å². The zero-order chi connectivity index (χ0) is 15.5. The maximum absolute atomic E-state index is 13.9. The Morgan fingerprint density at radius 1 is 1.09 bits per heavy atom. The Labute approximate surface area is 133 Å². The molecule has 2 saturated carbocycles. The van der Waals surface area contributed by atoms with Crippen LogP contribution >= 0.6 is 0 Å². The van der Waals surface area contributed by atoms with Gasteiger partial charge in [-0.25, -0.2) is 4.39 Å². The van der Waals surface area contributed by atoms with E-state index in [1.807, 2.05) is 0 Å². The third kappa shape index (κ3) is 3.21. The Kier molecular flexibility index (Phi) is 4.85. The molecule has 0 amide bonds. The minimum atomic E-state index is -0.223. The van der Waals surface area contributed by atoms with E-state index in [-0.39, 0.29) is 5.82 Å². The second-order valence-corrected chi connectivity index (χ2v) is 7.02. The molecule has 0 N–H and O–H groups in total. The number of hydrogen-bond acceptors (Lipinski definition) is 1. The molecule has 1 aromatic carbocycles. The molecule has 3 rings (SSSR count). The largest absolute Gasteiger partial charge is 0.494 e. The third-order valence-corrected chi connectivity index (χ3v) is 5.77. The van der Waals surface area contributed by atoms with E-state index in [9.17, 15) is 4.39 Å². The zero-order valence-corrected chi connectivity index (χ0v) is 13.7. The molecule has 1 unspecified atom stereocenters. The fraction of sp³-hybridized carbons (Fsp3) is 0.600. The first-order valence-corrected chi connectivity index (χ1v) is 8.67. The average molecular weight is 302 g/mol. The highest BCUT2D eigenvalue weighted by Crippen LogP contribution is 2.48. The lowest BCUT2D eigenvalue weighted by atomic mass is 9.64. The van der Waals surface area contributed by atoms with Crippen LogP contribution in [0.2, 0.25) is 0 Å². The molecular formula is C20H27FO. The Bertz CT molecular complexity index is 537. The van der Waals surface area contributed by atoms with Crippen molar-refractivity contribution >= 4 is 0 Å². The van der Waals surface area contributed by atoms with Crippen molar-refractivity contribution in [2.45, 2.75) is 51.4 Å². The second kappa shape index (κ2) is 6.85. The van der Waals surface area contributed by atoms with Crippen molar-refractivity contribution in [1.82, 2.24) is 0 Å². The maximum atomic E-state index is 13.9. The van der Waals surface area contributed by atoms with Gasteiger partial charge in [-0.15, -0.1) is 0 Å². The van der Waals surface area contributed by atoms with Gasteiger partial charge in [0, 0.05) is 0 Å². The molecule has 0 bridgehead atoms. The Hall–Kier alpha value is -1.31. The van der Waals surface area contributed by atoms with E-state index in [2.05, 4.69) is 25.1 Å². The van der Waals surface area contributed by atoms with Crippen LogP contribution in [0.4, 0.5) is 4.39 Å². The number of methoxy groups -OCH3 is 1. The van der Waals surface area contributed by atoms with Gasteiger partial charge in [0.05, 0.1) is 7.11 Å². The van der Waals surface area contributed by atoms with E-state index in [0.29, 0.717) is 11.7 Å². The molecule has 120 valence electrons. The van der Waals surface area contributed by atoms with Crippen LogP contribution in [0.5, 0.6) is 5.75 Å². The number of halogens is 1. The summed E-state index contributed by atoms with van der Waals surface area (Å²) in [6.45, 7) is 2.13. The number of fused-ring (bicyclic) bond motifs is 1. The molecule has 0 saturated heterocycles. The molecule has 1 aromatic rings. The van der Waals surface area contributed by atoms with Gasteiger partial charge < -0.3 is 4.74 Å². The molecular weight excluding hydrogens is 275 g/mol. The first-order chi connectivity index (χ1) is 10.7. The summed E-state index contributed by atoms with van der Waals surface area (Å²) in [6, 6.07) is 5.52. The normalized spacial score (nSPS) is 32.0. The van der Waals surface area contributed by atoms with Gasteiger partial charge in [0.25, 0.3) is 0 Å². The molecule has 2 aliphatic rings. The molecule has 0 radical (unpaired) electrons. The predicted octanol–water partition coefficient (Wildman–Crippen LogP) is 5.71. The Morgan fingerprint density at radius 3 is 2.59 bits per heavy atom. The summed E-state index contributed by atoms with van der Waals surface area (Å²) in [5.74, 6) is 3.17. The van der Waals surface area contributed by atoms with Gasteiger partial charge >= 0.3 is 0 Å². The molecule has 4 atom stereocenters. The molecule has 22 heavy (non-hydrogen) atoms. The van der Waals surface area contributed by atoms with Crippen molar-refractivity contribution in [3.05, 3.63) is 41.7 Å². The summed E-state index contributed by atoms with van der Waals surface area (Å²) in [6.07, 6.45) is 12.4. The number of ether oxygens (including phenoxy) is 1. The van der Waals surface area contributed by atoms with Crippen LogP contribution in [0, 0.1) is 23.6 Å². The van der Waals surface area contributed by atoms with Gasteiger partial charge in [-0.1, -0.05) is 18.2 Å². The van der Waals surface area contributed by atoms with Crippen LogP contribution in [0.15, 0.2) is 30.4 Å². The van der Waals surface area contributed by atoms with E-state index < -0.39 is 0 Å². The molecule has 2 heteroatoms. The van der Waals surface area contributed by atoms with E-state index in [1.165, 1.54) is 45.6 Å². The van der Waals surface area contributed by atoms with Gasteiger partial charge in [0.15, 0.2) is 11.6 Å². The standard InChI is InChI=1S/C20H27FO/c1-3-4-14-5-6-16-12-17(8-7-15(16)11-14)18-9-10-20(22-2)19(21)13-18/h3-4,9-10,13-17H,5-8,11-12H2,1-2H3/t14-,15-,16-,17?/m1/s1. The van der Waals surface area contributed by atoms with Crippen molar-refractivity contribution in [3.8, 4) is 5.75 Å². The highest BCUT2D eigenvalue weighted by atomic mass is 19.1. The fourth-order valence-corrected chi connectivity index (χ4v) is 4.61. The predicted molar refractivity (Wildman–Crippen MR) is 88.7 cm³/mol. The van der Waals surface area contributed by atoms with Gasteiger partial charge in [-0.2, -0.15) is 0 Å². The zero-order valence-electron chi connectivity index (χ0n) is 13.7. The summed E-state index contributed by atoms with van der Waals surface area (Å²) >= 11 is 0. The van der Waals surface area contributed by atoms with Crippen molar-refractivity contribution in [2.24, 2.45) is 17.8 Å². The summed E-state index contributed by atoms with van der Waals surface area (Å²) in [4.78, 5) is 0. The first-order valence-electron chi connectivity index (χ1n) is 8.67. The quantitative estimate of drug-likeness (QED) is 0.650. The lowest BCUT2D eigenvalue weighted by Crippen LogP contribution is -2.30. The monoisotopic (exact) mass is 302 g/mol. The number of allylic oxidation sites excluding steroid dienone is 2. The summed E-state index contributed by atoms with van der Waals surface area (Å²) in [5.41, 5.74) is 1.16. The summed E-state index contributed by atoms with van der Waals surface area (Å²) in [7, 11) is 1.52. The molecule has 0 heterocycles. The maximum Gasteiger partial charge on any atom is 0.165 e. The van der Waals surface area contributed by atoms with Crippen LogP contribution in [-0.2, 0) is 0 Å². The van der Waals surface area contributed by atoms with Gasteiger partial charge in [0.2, 0.25) is 0 Å². The summed E-state index contributed by atoms with van der Waals surface area (Å²) < 4.78 is 19.0. The molecule has 2 aliphatic carbocycles. The van der Waals surface area contributed by atoms with Crippen LogP contribution in [0.1, 0.15) is 56.9 Å². The minimum Gasteiger partial charge on any atom is -0.494 e. The van der Waals surface area contributed by atoms with Crippen LogP contribution in [0.3, 0.4) is 0 Å². The smallest absolute Gasteiger partial charge is 0.165 e. The highest BCUT2D eigenvalue weighted by Gasteiger charge is 2.35. The molecule has 0 aliphatic heterocycles. The Balaban J connectivity index is 1.66. The van der Waals surface area contributed by atoms with E-state index >= 15 is 0 Å². The third-order valence-electron chi connectivity index (χ3n) is 5.77. The number of benzene rings is 1. The van der Waals surface area contributed by atoms with Crippen molar-refractivity contribution in [2.75, 3.05) is 7.11 Å². The van der Waals surface area contributed by atoms with Gasteiger partial charge in [-0.05, 0) is 86.8 Å². The molecule has 0 spiro atoms. The van der Waals surface area contributed by atoms with E-state index in [4.69, 9.17) is 4.74 Å². The average Bonchev–Trinajstić information content (AvgIpc) is 2.54. The summed E-state index contributed by atoms with van der Waals surface area (Å²) in [5, 5.41) is 0. The number of rotatable bonds is 3. The highest BCUT2D eigenvalue weighted by molar-refractivity contribution is 5.31. The SMILES string of the molecule is CC=C[C@@H]1CC[C@@H]2CC(c3ccc(OC)c(F)c3)CC[C@@H]2C1. The number of hydrogen-bond donors (Lipinski definition) is 0. The van der Waals surface area contributed by atoms with E-state index in [0.717, 1.165) is 23.3 Å².